The maximum absolute atomic E-state index is 11.7. The lowest BCUT2D eigenvalue weighted by molar-refractivity contribution is 0.0600. The molecule has 1 aliphatic heterocycles. The van der Waals surface area contributed by atoms with Gasteiger partial charge in [0.05, 0.1) is 19.3 Å². The molecule has 1 fully saturated rings. The van der Waals surface area contributed by atoms with Crippen LogP contribution in [0.3, 0.4) is 0 Å². The average Bonchev–Trinajstić information content (AvgIpc) is 3.30. The fraction of sp³-hybridized carbons (Fsp3) is 0.310. The van der Waals surface area contributed by atoms with Gasteiger partial charge in [0.25, 0.3) is 0 Å². The zero-order valence-corrected chi connectivity index (χ0v) is 20.3. The highest BCUT2D eigenvalue weighted by molar-refractivity contribution is 5.89. The summed E-state index contributed by atoms with van der Waals surface area (Å²) in [6.45, 7) is 11.4. The summed E-state index contributed by atoms with van der Waals surface area (Å²) >= 11 is 0. The van der Waals surface area contributed by atoms with Crippen molar-refractivity contribution in [1.29, 1.82) is 0 Å². The van der Waals surface area contributed by atoms with Gasteiger partial charge in [-0.05, 0) is 78.4 Å². The Morgan fingerprint density at radius 2 is 1.94 bits per heavy atom. The molecule has 6 heteroatoms. The number of hydrogen-bond donors (Lipinski definition) is 1. The third-order valence-corrected chi connectivity index (χ3v) is 6.71. The fourth-order valence-corrected chi connectivity index (χ4v) is 4.82. The summed E-state index contributed by atoms with van der Waals surface area (Å²) in [6.07, 6.45) is 9.79. The van der Waals surface area contributed by atoms with Gasteiger partial charge in [-0.2, -0.15) is 0 Å². The quantitative estimate of drug-likeness (QED) is 0.362. The van der Waals surface area contributed by atoms with E-state index in [4.69, 9.17) is 4.74 Å². The van der Waals surface area contributed by atoms with E-state index in [0.29, 0.717) is 18.0 Å². The number of piperidine rings is 1. The first-order chi connectivity index (χ1) is 17.0. The van der Waals surface area contributed by atoms with E-state index in [9.17, 15) is 9.90 Å². The minimum Gasteiger partial charge on any atom is -0.465 e. The normalized spacial score (nSPS) is 15.3. The van der Waals surface area contributed by atoms with Gasteiger partial charge in [0.1, 0.15) is 5.65 Å². The molecule has 0 unspecified atom stereocenters. The number of hydrogen-bond acceptors (Lipinski definition) is 5. The molecule has 0 radical (unpaired) electrons. The van der Waals surface area contributed by atoms with Crippen LogP contribution in [0.2, 0.25) is 0 Å². The van der Waals surface area contributed by atoms with Crippen molar-refractivity contribution in [1.82, 2.24) is 14.5 Å². The highest BCUT2D eigenvalue weighted by Crippen LogP contribution is 2.33. The maximum Gasteiger partial charge on any atom is 0.337 e. The molecule has 0 saturated carbocycles. The van der Waals surface area contributed by atoms with Gasteiger partial charge in [0, 0.05) is 30.9 Å². The number of pyridine rings is 1. The lowest BCUT2D eigenvalue weighted by atomic mass is 9.88. The van der Waals surface area contributed by atoms with Gasteiger partial charge in [0.2, 0.25) is 0 Å². The number of likely N-dealkylation sites (tertiary alicyclic amines) is 1. The zero-order valence-electron chi connectivity index (χ0n) is 20.3. The van der Waals surface area contributed by atoms with E-state index in [1.807, 2.05) is 24.4 Å². The van der Waals surface area contributed by atoms with Crippen molar-refractivity contribution in [3.8, 4) is 0 Å². The predicted molar refractivity (Wildman–Crippen MR) is 140 cm³/mol. The summed E-state index contributed by atoms with van der Waals surface area (Å²) in [6, 6.07) is 11.8. The summed E-state index contributed by atoms with van der Waals surface area (Å²) in [5.41, 5.74) is 5.80. The van der Waals surface area contributed by atoms with Gasteiger partial charge in [0.15, 0.2) is 0 Å². The molecular formula is C29H33N3O3. The lowest BCUT2D eigenvalue weighted by Gasteiger charge is -2.32. The third-order valence-electron chi connectivity index (χ3n) is 6.71. The second-order valence-corrected chi connectivity index (χ2v) is 9.06. The van der Waals surface area contributed by atoms with Crippen molar-refractivity contribution in [3.63, 3.8) is 0 Å². The first-order valence-electron chi connectivity index (χ1n) is 12.0. The van der Waals surface area contributed by atoms with Gasteiger partial charge >= 0.3 is 5.97 Å². The van der Waals surface area contributed by atoms with Crippen LogP contribution in [0, 0.1) is 0 Å². The number of rotatable bonds is 9. The number of carbonyl (C=O) groups excluding carboxylic acids is 1. The molecule has 0 spiro atoms. The molecule has 1 aromatic carbocycles. The fourth-order valence-electron chi connectivity index (χ4n) is 4.82. The number of ether oxygens (including phenoxy) is 1. The number of methoxy groups -OCH3 is 1. The standard InChI is InChI=1S/C29H33N3O3/c1-4-22(20-33)17-21(2)18-31-14-10-24(11-15-31)26-9-13-30-28-27(26)12-16-32(28)19-23-5-7-25(8-6-23)29(34)35-3/h4-9,12-13,16-17,24,33H,1-2,10-11,14-15,18-20H2,3H3. The summed E-state index contributed by atoms with van der Waals surface area (Å²) in [5, 5.41) is 10.5. The minimum atomic E-state index is -0.326. The Morgan fingerprint density at radius 1 is 1.20 bits per heavy atom. The summed E-state index contributed by atoms with van der Waals surface area (Å²) in [5.74, 6) is 0.171. The van der Waals surface area contributed by atoms with Gasteiger partial charge in [-0.1, -0.05) is 37.4 Å². The van der Waals surface area contributed by atoms with Crippen LogP contribution < -0.4 is 0 Å². The Labute approximate surface area is 206 Å². The molecule has 182 valence electrons. The summed E-state index contributed by atoms with van der Waals surface area (Å²) < 4.78 is 6.95. The maximum atomic E-state index is 11.7. The van der Waals surface area contributed by atoms with Crippen molar-refractivity contribution in [3.05, 3.63) is 102 Å². The Hall–Kier alpha value is -3.48. The number of aliphatic hydroxyl groups excluding tert-OH is 1. The molecule has 1 aliphatic rings. The average molecular weight is 472 g/mol. The first-order valence-corrected chi connectivity index (χ1v) is 12.0. The highest BCUT2D eigenvalue weighted by Gasteiger charge is 2.23. The molecule has 0 aliphatic carbocycles. The van der Waals surface area contributed by atoms with E-state index < -0.39 is 0 Å². The van der Waals surface area contributed by atoms with Crippen LogP contribution in [0.5, 0.6) is 0 Å². The summed E-state index contributed by atoms with van der Waals surface area (Å²) in [4.78, 5) is 18.8. The zero-order chi connectivity index (χ0) is 24.8. The van der Waals surface area contributed by atoms with E-state index in [1.165, 1.54) is 18.1 Å². The van der Waals surface area contributed by atoms with Gasteiger partial charge in [-0.25, -0.2) is 9.78 Å². The second-order valence-electron chi connectivity index (χ2n) is 9.06. The van der Waals surface area contributed by atoms with Gasteiger partial charge in [-0.15, -0.1) is 0 Å². The van der Waals surface area contributed by atoms with Crippen LogP contribution in [-0.2, 0) is 11.3 Å². The molecule has 35 heavy (non-hydrogen) atoms. The van der Waals surface area contributed by atoms with E-state index in [1.54, 1.807) is 18.2 Å². The molecule has 3 heterocycles. The van der Waals surface area contributed by atoms with Crippen LogP contribution in [0.15, 0.2) is 85.2 Å². The SMILES string of the molecule is C=CC(=CC(=C)CN1CCC(c2ccnc3c2ccn3Cc2ccc(C(=O)OC)cc2)CC1)CO. The Balaban J connectivity index is 1.42. The molecule has 6 nitrogen and oxygen atoms in total. The van der Waals surface area contributed by atoms with Crippen molar-refractivity contribution >= 4 is 17.0 Å². The van der Waals surface area contributed by atoms with Crippen LogP contribution in [0.1, 0.15) is 40.2 Å². The van der Waals surface area contributed by atoms with Crippen LogP contribution >= 0.6 is 0 Å². The van der Waals surface area contributed by atoms with Gasteiger partial charge in [-0.3, -0.25) is 4.90 Å². The molecule has 1 N–H and O–H groups in total. The molecule has 4 rings (SSSR count). The Bertz CT molecular complexity index is 1230. The third kappa shape index (κ3) is 5.78. The molecule has 0 atom stereocenters. The van der Waals surface area contributed by atoms with Crippen molar-refractivity contribution in [2.45, 2.75) is 25.3 Å². The second kappa shape index (κ2) is 11.3. The monoisotopic (exact) mass is 471 g/mol. The summed E-state index contributed by atoms with van der Waals surface area (Å²) in [7, 11) is 1.39. The molecule has 0 amide bonds. The number of esters is 1. The lowest BCUT2D eigenvalue weighted by Crippen LogP contribution is -2.34. The number of carbonyl (C=O) groups is 1. The topological polar surface area (TPSA) is 67.6 Å². The smallest absolute Gasteiger partial charge is 0.337 e. The number of nitrogens with zero attached hydrogens (tertiary/aromatic N) is 3. The van der Waals surface area contributed by atoms with E-state index >= 15 is 0 Å². The number of aromatic nitrogens is 2. The molecular weight excluding hydrogens is 438 g/mol. The Kier molecular flexibility index (Phi) is 7.95. The number of fused-ring (bicyclic) bond motifs is 1. The van der Waals surface area contributed by atoms with E-state index in [-0.39, 0.29) is 12.6 Å². The van der Waals surface area contributed by atoms with Crippen molar-refractivity contribution in [2.75, 3.05) is 33.4 Å². The first kappa shape index (κ1) is 24.6. The Morgan fingerprint density at radius 3 is 2.60 bits per heavy atom. The highest BCUT2D eigenvalue weighted by atomic mass is 16.5. The number of benzene rings is 1. The largest absolute Gasteiger partial charge is 0.465 e. The number of aliphatic hydroxyl groups is 1. The predicted octanol–water partition coefficient (Wildman–Crippen LogP) is 4.71. The van der Waals surface area contributed by atoms with Gasteiger partial charge < -0.3 is 14.4 Å². The molecule has 1 saturated heterocycles. The van der Waals surface area contributed by atoms with E-state index in [2.05, 4.69) is 45.9 Å². The molecule has 0 bridgehead atoms. The van der Waals surface area contributed by atoms with Crippen LogP contribution in [0.25, 0.3) is 11.0 Å². The van der Waals surface area contributed by atoms with Crippen molar-refractivity contribution < 1.29 is 14.6 Å². The van der Waals surface area contributed by atoms with Crippen LogP contribution in [-0.4, -0.2) is 58.9 Å². The van der Waals surface area contributed by atoms with Crippen molar-refractivity contribution in [2.24, 2.45) is 0 Å². The molecule has 2 aromatic heterocycles. The van der Waals surface area contributed by atoms with Crippen LogP contribution in [0.4, 0.5) is 0 Å². The molecule has 3 aromatic rings. The van der Waals surface area contributed by atoms with E-state index in [0.717, 1.165) is 54.8 Å². The minimum absolute atomic E-state index is 0.0128.